The average molecular weight is 219 g/mol. The van der Waals surface area contributed by atoms with E-state index in [0.29, 0.717) is 12.1 Å². The first-order chi connectivity index (χ1) is 7.83. The molecule has 1 fully saturated rings. The molecule has 0 bridgehead atoms. The van der Waals surface area contributed by atoms with Crippen LogP contribution in [0.2, 0.25) is 0 Å². The molecule has 1 aromatic heterocycles. The molecule has 1 aliphatic rings. The summed E-state index contributed by atoms with van der Waals surface area (Å²) in [5.74, 6) is 0. The Morgan fingerprint density at radius 1 is 1.62 bits per heavy atom. The van der Waals surface area contributed by atoms with Crippen molar-refractivity contribution in [2.24, 2.45) is 0 Å². The van der Waals surface area contributed by atoms with Crippen molar-refractivity contribution in [2.45, 2.75) is 32.4 Å². The van der Waals surface area contributed by atoms with Gasteiger partial charge in [-0.3, -0.25) is 9.88 Å². The van der Waals surface area contributed by atoms with Crippen LogP contribution in [0.3, 0.4) is 0 Å². The lowest BCUT2D eigenvalue weighted by molar-refractivity contribution is 0.111. The van der Waals surface area contributed by atoms with E-state index in [9.17, 15) is 0 Å². The van der Waals surface area contributed by atoms with E-state index in [1.165, 1.54) is 12.0 Å². The third kappa shape index (κ3) is 2.42. The number of aromatic nitrogens is 1. The van der Waals surface area contributed by atoms with Crippen molar-refractivity contribution in [2.75, 3.05) is 19.6 Å². The zero-order valence-corrected chi connectivity index (χ0v) is 10.2. The van der Waals surface area contributed by atoms with Crippen LogP contribution in [0.25, 0.3) is 0 Å². The molecule has 1 aliphatic heterocycles. The predicted molar refractivity (Wildman–Crippen MR) is 66.3 cm³/mol. The number of hydrogen-bond acceptors (Lipinski definition) is 3. The second kappa shape index (κ2) is 5.41. The van der Waals surface area contributed by atoms with E-state index in [1.807, 2.05) is 18.5 Å². The van der Waals surface area contributed by atoms with Crippen molar-refractivity contribution < 1.29 is 0 Å². The van der Waals surface area contributed by atoms with Gasteiger partial charge in [-0.1, -0.05) is 13.0 Å². The molecule has 2 heterocycles. The summed E-state index contributed by atoms with van der Waals surface area (Å²) in [5.41, 5.74) is 1.32. The molecule has 0 aliphatic carbocycles. The fourth-order valence-corrected chi connectivity index (χ4v) is 2.48. The molecule has 1 aromatic rings. The molecule has 0 aromatic carbocycles. The lowest BCUT2D eigenvalue weighted by Gasteiger charge is -2.40. The van der Waals surface area contributed by atoms with Gasteiger partial charge in [0.15, 0.2) is 0 Å². The molecule has 0 amide bonds. The monoisotopic (exact) mass is 219 g/mol. The molecule has 2 atom stereocenters. The van der Waals surface area contributed by atoms with Gasteiger partial charge in [-0.2, -0.15) is 0 Å². The first kappa shape index (κ1) is 11.6. The van der Waals surface area contributed by atoms with Gasteiger partial charge in [0.2, 0.25) is 0 Å². The Balaban J connectivity index is 2.10. The first-order valence-electron chi connectivity index (χ1n) is 6.19. The Kier molecular flexibility index (Phi) is 3.91. The highest BCUT2D eigenvalue weighted by Crippen LogP contribution is 2.23. The maximum atomic E-state index is 4.21. The van der Waals surface area contributed by atoms with Gasteiger partial charge < -0.3 is 5.32 Å². The average Bonchev–Trinajstić information content (AvgIpc) is 2.39. The number of pyridine rings is 1. The molecule has 3 heteroatoms. The smallest absolute Gasteiger partial charge is 0.0339 e. The highest BCUT2D eigenvalue weighted by Gasteiger charge is 2.25. The SMILES string of the molecule is CCC1CNCCN1C(C)c1cccnc1. The highest BCUT2D eigenvalue weighted by atomic mass is 15.2. The fourth-order valence-electron chi connectivity index (χ4n) is 2.48. The van der Waals surface area contributed by atoms with Gasteiger partial charge in [0.25, 0.3) is 0 Å². The molecule has 88 valence electrons. The number of rotatable bonds is 3. The molecule has 16 heavy (non-hydrogen) atoms. The third-order valence-corrected chi connectivity index (χ3v) is 3.53. The molecular weight excluding hydrogens is 198 g/mol. The molecule has 1 saturated heterocycles. The number of hydrogen-bond donors (Lipinski definition) is 1. The Bertz CT molecular complexity index is 312. The fraction of sp³-hybridized carbons (Fsp3) is 0.615. The van der Waals surface area contributed by atoms with Gasteiger partial charge in [-0.15, -0.1) is 0 Å². The van der Waals surface area contributed by atoms with Crippen LogP contribution in [0.15, 0.2) is 24.5 Å². The van der Waals surface area contributed by atoms with Gasteiger partial charge in [-0.25, -0.2) is 0 Å². The summed E-state index contributed by atoms with van der Waals surface area (Å²) < 4.78 is 0. The third-order valence-electron chi connectivity index (χ3n) is 3.53. The Labute approximate surface area is 97.9 Å². The molecule has 3 nitrogen and oxygen atoms in total. The number of piperazine rings is 1. The van der Waals surface area contributed by atoms with Crippen molar-refractivity contribution in [1.82, 2.24) is 15.2 Å². The number of nitrogens with one attached hydrogen (secondary N) is 1. The van der Waals surface area contributed by atoms with E-state index in [2.05, 4.69) is 35.1 Å². The minimum atomic E-state index is 0.473. The summed E-state index contributed by atoms with van der Waals surface area (Å²) in [7, 11) is 0. The van der Waals surface area contributed by atoms with Crippen LogP contribution in [0.4, 0.5) is 0 Å². The van der Waals surface area contributed by atoms with E-state index in [1.54, 1.807) is 0 Å². The van der Waals surface area contributed by atoms with E-state index in [0.717, 1.165) is 19.6 Å². The van der Waals surface area contributed by atoms with Gasteiger partial charge in [0.05, 0.1) is 0 Å². The Hall–Kier alpha value is -0.930. The summed E-state index contributed by atoms with van der Waals surface area (Å²) in [5, 5.41) is 3.46. The van der Waals surface area contributed by atoms with Crippen LogP contribution in [0.1, 0.15) is 31.9 Å². The second-order valence-electron chi connectivity index (χ2n) is 4.47. The zero-order valence-electron chi connectivity index (χ0n) is 10.2. The van der Waals surface area contributed by atoms with Crippen molar-refractivity contribution in [3.63, 3.8) is 0 Å². The van der Waals surface area contributed by atoms with Crippen LogP contribution < -0.4 is 5.32 Å². The maximum Gasteiger partial charge on any atom is 0.0339 e. The standard InChI is InChI=1S/C13H21N3/c1-3-13-10-15-7-8-16(13)11(2)12-5-4-6-14-9-12/h4-6,9,11,13,15H,3,7-8,10H2,1-2H3. The predicted octanol–water partition coefficient (Wildman–Crippen LogP) is 1.83. The van der Waals surface area contributed by atoms with Crippen LogP contribution in [-0.4, -0.2) is 35.6 Å². The minimum Gasteiger partial charge on any atom is -0.314 e. The van der Waals surface area contributed by atoms with E-state index >= 15 is 0 Å². The van der Waals surface area contributed by atoms with Gasteiger partial charge >= 0.3 is 0 Å². The highest BCUT2D eigenvalue weighted by molar-refractivity contribution is 5.13. The quantitative estimate of drug-likeness (QED) is 0.840. The topological polar surface area (TPSA) is 28.2 Å². The summed E-state index contributed by atoms with van der Waals surface area (Å²) in [6.07, 6.45) is 5.03. The lowest BCUT2D eigenvalue weighted by Crippen LogP contribution is -2.51. The van der Waals surface area contributed by atoms with E-state index < -0.39 is 0 Å². The van der Waals surface area contributed by atoms with Crippen molar-refractivity contribution in [1.29, 1.82) is 0 Å². The Morgan fingerprint density at radius 3 is 3.19 bits per heavy atom. The first-order valence-corrected chi connectivity index (χ1v) is 6.19. The van der Waals surface area contributed by atoms with E-state index in [4.69, 9.17) is 0 Å². The Morgan fingerprint density at radius 2 is 2.50 bits per heavy atom. The van der Waals surface area contributed by atoms with Crippen LogP contribution in [0, 0.1) is 0 Å². The normalized spacial score (nSPS) is 24.2. The second-order valence-corrected chi connectivity index (χ2v) is 4.47. The molecular formula is C13H21N3. The summed E-state index contributed by atoms with van der Waals surface area (Å²) in [4.78, 5) is 6.80. The lowest BCUT2D eigenvalue weighted by atomic mass is 10.0. The minimum absolute atomic E-state index is 0.473. The summed E-state index contributed by atoms with van der Waals surface area (Å²) >= 11 is 0. The molecule has 1 N–H and O–H groups in total. The van der Waals surface area contributed by atoms with Crippen molar-refractivity contribution >= 4 is 0 Å². The molecule has 0 radical (unpaired) electrons. The molecule has 2 rings (SSSR count). The molecule has 0 saturated carbocycles. The van der Waals surface area contributed by atoms with Crippen molar-refractivity contribution in [3.8, 4) is 0 Å². The van der Waals surface area contributed by atoms with E-state index in [-0.39, 0.29) is 0 Å². The van der Waals surface area contributed by atoms with Crippen LogP contribution in [-0.2, 0) is 0 Å². The van der Waals surface area contributed by atoms with Crippen LogP contribution >= 0.6 is 0 Å². The maximum absolute atomic E-state index is 4.21. The van der Waals surface area contributed by atoms with Gasteiger partial charge in [0.1, 0.15) is 0 Å². The molecule has 2 unspecified atom stereocenters. The van der Waals surface area contributed by atoms with Crippen LogP contribution in [0.5, 0.6) is 0 Å². The summed E-state index contributed by atoms with van der Waals surface area (Å²) in [6, 6.07) is 5.33. The molecule has 0 spiro atoms. The largest absolute Gasteiger partial charge is 0.314 e. The zero-order chi connectivity index (χ0) is 11.4. The van der Waals surface area contributed by atoms with Gasteiger partial charge in [-0.05, 0) is 25.0 Å². The van der Waals surface area contributed by atoms with Crippen molar-refractivity contribution in [3.05, 3.63) is 30.1 Å². The number of nitrogens with zero attached hydrogens (tertiary/aromatic N) is 2. The van der Waals surface area contributed by atoms with Gasteiger partial charge in [0, 0.05) is 44.1 Å². The summed E-state index contributed by atoms with van der Waals surface area (Å²) in [6.45, 7) is 7.89.